The summed E-state index contributed by atoms with van der Waals surface area (Å²) in [5.74, 6) is -1.55. The van der Waals surface area contributed by atoms with Crippen LogP contribution in [0.3, 0.4) is 0 Å². The fraction of sp³-hybridized carbons (Fsp3) is 0.267. The van der Waals surface area contributed by atoms with Gasteiger partial charge in [-0.25, -0.2) is 4.68 Å². The smallest absolute Gasteiger partial charge is 0.325 e. The van der Waals surface area contributed by atoms with Gasteiger partial charge in [0.15, 0.2) is 0 Å². The molecular formula is C15H16ClN3O3. The third-order valence-electron chi connectivity index (χ3n) is 3.22. The van der Waals surface area contributed by atoms with Crippen molar-refractivity contribution in [2.45, 2.75) is 26.3 Å². The number of amides is 1. The molecule has 6 nitrogen and oxygen atoms in total. The second kappa shape index (κ2) is 6.62. The van der Waals surface area contributed by atoms with Gasteiger partial charge in [-0.1, -0.05) is 24.6 Å². The number of halogens is 1. The van der Waals surface area contributed by atoms with Crippen LogP contribution in [0.2, 0.25) is 5.02 Å². The fourth-order valence-electron chi connectivity index (χ4n) is 2.07. The summed E-state index contributed by atoms with van der Waals surface area (Å²) in [5, 5.41) is 16.1. The van der Waals surface area contributed by atoms with Crippen LogP contribution in [-0.4, -0.2) is 32.8 Å². The molecule has 0 aliphatic carbocycles. The number of nitrogens with one attached hydrogen (secondary N) is 1. The van der Waals surface area contributed by atoms with E-state index in [4.69, 9.17) is 16.7 Å². The first-order chi connectivity index (χ1) is 10.4. The molecule has 0 spiro atoms. The summed E-state index contributed by atoms with van der Waals surface area (Å²) in [4.78, 5) is 23.0. The highest BCUT2D eigenvalue weighted by atomic mass is 35.5. The fourth-order valence-corrected chi connectivity index (χ4v) is 2.25. The molecule has 1 aromatic carbocycles. The Morgan fingerprint density at radius 1 is 1.45 bits per heavy atom. The number of nitrogens with zero attached hydrogens (tertiary/aromatic N) is 2. The van der Waals surface area contributed by atoms with E-state index in [9.17, 15) is 9.59 Å². The Bertz CT molecular complexity index is 712. The van der Waals surface area contributed by atoms with E-state index in [0.717, 1.165) is 5.69 Å². The molecule has 1 atom stereocenters. The molecule has 1 heterocycles. The molecule has 0 fully saturated rings. The third-order valence-corrected chi connectivity index (χ3v) is 3.45. The number of carboxylic acids is 1. The average Bonchev–Trinajstić information content (AvgIpc) is 2.90. The van der Waals surface area contributed by atoms with E-state index in [0.29, 0.717) is 22.7 Å². The molecule has 0 saturated heterocycles. The van der Waals surface area contributed by atoms with Crippen LogP contribution in [0.5, 0.6) is 0 Å². The van der Waals surface area contributed by atoms with Gasteiger partial charge in [-0.15, -0.1) is 0 Å². The number of carbonyl (C=O) groups is 2. The molecule has 0 saturated carbocycles. The second-order valence-electron chi connectivity index (χ2n) is 4.78. The highest BCUT2D eigenvalue weighted by Gasteiger charge is 2.21. The highest BCUT2D eigenvalue weighted by Crippen LogP contribution is 2.19. The largest absolute Gasteiger partial charge is 0.480 e. The van der Waals surface area contributed by atoms with Gasteiger partial charge in [-0.2, -0.15) is 5.10 Å². The van der Waals surface area contributed by atoms with Crippen molar-refractivity contribution in [3.8, 4) is 5.69 Å². The molecule has 0 aliphatic heterocycles. The minimum absolute atomic E-state index is 0.357. The third kappa shape index (κ3) is 3.28. The molecule has 2 N–H and O–H groups in total. The van der Waals surface area contributed by atoms with E-state index in [2.05, 4.69) is 10.4 Å². The van der Waals surface area contributed by atoms with Crippen molar-refractivity contribution in [1.29, 1.82) is 0 Å². The zero-order chi connectivity index (χ0) is 16.3. The van der Waals surface area contributed by atoms with Gasteiger partial charge in [-0.05, 0) is 31.5 Å². The molecule has 22 heavy (non-hydrogen) atoms. The van der Waals surface area contributed by atoms with Gasteiger partial charge in [0.2, 0.25) is 0 Å². The lowest BCUT2D eigenvalue weighted by Crippen LogP contribution is -2.38. The van der Waals surface area contributed by atoms with E-state index in [-0.39, 0.29) is 0 Å². The SMILES string of the molecule is CCc1c(C(=O)N[C@H](C)C(=O)O)cnn1-c1cccc(Cl)c1. The Labute approximate surface area is 132 Å². The van der Waals surface area contributed by atoms with E-state index in [1.165, 1.54) is 13.1 Å². The van der Waals surface area contributed by atoms with Gasteiger partial charge in [0.25, 0.3) is 5.91 Å². The lowest BCUT2D eigenvalue weighted by molar-refractivity contribution is -0.138. The summed E-state index contributed by atoms with van der Waals surface area (Å²) in [7, 11) is 0. The summed E-state index contributed by atoms with van der Waals surface area (Å²) >= 11 is 5.98. The Morgan fingerprint density at radius 3 is 2.77 bits per heavy atom. The monoisotopic (exact) mass is 321 g/mol. The van der Waals surface area contributed by atoms with Gasteiger partial charge in [-0.3, -0.25) is 9.59 Å². The van der Waals surface area contributed by atoms with Crippen LogP contribution in [0, 0.1) is 0 Å². The van der Waals surface area contributed by atoms with Crippen molar-refractivity contribution in [3.05, 3.63) is 46.7 Å². The van der Waals surface area contributed by atoms with Crippen molar-refractivity contribution in [2.75, 3.05) is 0 Å². The van der Waals surface area contributed by atoms with Crippen LogP contribution in [0.4, 0.5) is 0 Å². The minimum atomic E-state index is -1.09. The normalized spacial score (nSPS) is 12.0. The van der Waals surface area contributed by atoms with E-state index in [1.54, 1.807) is 22.9 Å². The molecule has 0 radical (unpaired) electrons. The van der Waals surface area contributed by atoms with Crippen LogP contribution in [0.1, 0.15) is 29.9 Å². The van der Waals surface area contributed by atoms with Crippen molar-refractivity contribution >= 4 is 23.5 Å². The van der Waals surface area contributed by atoms with Crippen molar-refractivity contribution < 1.29 is 14.7 Å². The van der Waals surface area contributed by atoms with E-state index >= 15 is 0 Å². The maximum Gasteiger partial charge on any atom is 0.325 e. The predicted molar refractivity (Wildman–Crippen MR) is 82.5 cm³/mol. The molecule has 2 rings (SSSR count). The Kier molecular flexibility index (Phi) is 4.82. The predicted octanol–water partition coefficient (Wildman–Crippen LogP) is 2.29. The first-order valence-corrected chi connectivity index (χ1v) is 7.18. The molecule has 116 valence electrons. The molecule has 7 heteroatoms. The van der Waals surface area contributed by atoms with E-state index in [1.807, 2.05) is 13.0 Å². The zero-order valence-electron chi connectivity index (χ0n) is 12.2. The number of aliphatic carboxylic acids is 1. The molecule has 0 aliphatic rings. The topological polar surface area (TPSA) is 84.2 Å². The Hall–Kier alpha value is -2.34. The molecular weight excluding hydrogens is 306 g/mol. The van der Waals surface area contributed by atoms with Crippen LogP contribution in [0.15, 0.2) is 30.5 Å². The second-order valence-corrected chi connectivity index (χ2v) is 5.22. The first-order valence-electron chi connectivity index (χ1n) is 6.80. The summed E-state index contributed by atoms with van der Waals surface area (Å²) in [6.07, 6.45) is 2.00. The van der Waals surface area contributed by atoms with Crippen LogP contribution in [-0.2, 0) is 11.2 Å². The molecule has 0 unspecified atom stereocenters. The number of hydrogen-bond acceptors (Lipinski definition) is 3. The van der Waals surface area contributed by atoms with Gasteiger partial charge >= 0.3 is 5.97 Å². The maximum atomic E-state index is 12.2. The quantitative estimate of drug-likeness (QED) is 0.885. The van der Waals surface area contributed by atoms with Crippen LogP contribution < -0.4 is 5.32 Å². The Morgan fingerprint density at radius 2 is 2.18 bits per heavy atom. The highest BCUT2D eigenvalue weighted by molar-refractivity contribution is 6.30. The van der Waals surface area contributed by atoms with E-state index < -0.39 is 17.9 Å². The number of carbonyl (C=O) groups excluding carboxylic acids is 1. The number of carboxylic acid groups (broad SMARTS) is 1. The minimum Gasteiger partial charge on any atom is -0.480 e. The van der Waals surface area contributed by atoms with Gasteiger partial charge in [0, 0.05) is 5.02 Å². The van der Waals surface area contributed by atoms with Crippen LogP contribution >= 0.6 is 11.6 Å². The number of benzene rings is 1. The Balaban J connectivity index is 2.35. The molecule has 1 aromatic heterocycles. The van der Waals surface area contributed by atoms with Crippen LogP contribution in [0.25, 0.3) is 5.69 Å². The van der Waals surface area contributed by atoms with Gasteiger partial charge in [0.05, 0.1) is 23.1 Å². The lowest BCUT2D eigenvalue weighted by atomic mass is 10.1. The van der Waals surface area contributed by atoms with Gasteiger partial charge < -0.3 is 10.4 Å². The standard InChI is InChI=1S/C15H16ClN3O3/c1-3-13-12(14(20)18-9(2)15(21)22)8-17-19(13)11-6-4-5-10(16)7-11/h4-9H,3H2,1-2H3,(H,18,20)(H,21,22)/t9-/m1/s1. The summed E-state index contributed by atoms with van der Waals surface area (Å²) in [6, 6.07) is 6.16. The summed E-state index contributed by atoms with van der Waals surface area (Å²) in [6.45, 7) is 3.31. The number of hydrogen-bond donors (Lipinski definition) is 2. The van der Waals surface area contributed by atoms with Crippen molar-refractivity contribution in [1.82, 2.24) is 15.1 Å². The van der Waals surface area contributed by atoms with Crippen molar-refractivity contribution in [3.63, 3.8) is 0 Å². The molecule has 1 amide bonds. The molecule has 0 bridgehead atoms. The molecule has 2 aromatic rings. The maximum absolute atomic E-state index is 12.2. The number of aromatic nitrogens is 2. The lowest BCUT2D eigenvalue weighted by Gasteiger charge is -2.10. The number of rotatable bonds is 5. The first kappa shape index (κ1) is 16.0. The zero-order valence-corrected chi connectivity index (χ0v) is 13.0. The summed E-state index contributed by atoms with van der Waals surface area (Å²) in [5.41, 5.74) is 1.79. The van der Waals surface area contributed by atoms with Gasteiger partial charge in [0.1, 0.15) is 6.04 Å². The van der Waals surface area contributed by atoms with Crippen molar-refractivity contribution in [2.24, 2.45) is 0 Å². The summed E-state index contributed by atoms with van der Waals surface area (Å²) < 4.78 is 1.63. The average molecular weight is 322 g/mol.